The number of hydrogen-bond acceptors (Lipinski definition) is 4. The zero-order valence-corrected chi connectivity index (χ0v) is 14.9. The Morgan fingerprint density at radius 3 is 2.88 bits per heavy atom. The van der Waals surface area contributed by atoms with Crippen molar-refractivity contribution in [2.75, 3.05) is 32.0 Å². The van der Waals surface area contributed by atoms with Crippen LogP contribution >= 0.6 is 0 Å². The maximum Gasteiger partial charge on any atom is 0.124 e. The third-order valence-electron chi connectivity index (χ3n) is 4.72. The molecule has 1 aliphatic rings. The summed E-state index contributed by atoms with van der Waals surface area (Å²) in [6.07, 6.45) is 5.23. The Hall–Kier alpha value is -2.07. The molecule has 4 heteroatoms. The largest absolute Gasteiger partial charge is 0.378 e. The number of nitrogens with zero attached hydrogens (tertiary/aromatic N) is 1. The summed E-state index contributed by atoms with van der Waals surface area (Å²) in [7, 11) is 1.94. The van der Waals surface area contributed by atoms with Crippen LogP contribution < -0.4 is 10.6 Å². The van der Waals surface area contributed by atoms with Gasteiger partial charge in [0, 0.05) is 30.9 Å². The van der Waals surface area contributed by atoms with Crippen molar-refractivity contribution in [3.05, 3.63) is 54.3 Å². The number of aldehydes is 1. The van der Waals surface area contributed by atoms with Crippen molar-refractivity contribution in [3.8, 4) is 0 Å². The number of likely N-dealkylation sites (N-methyl/N-ethyl adjacent to an activating group) is 1. The van der Waals surface area contributed by atoms with E-state index in [1.165, 1.54) is 5.56 Å². The molecule has 4 nitrogen and oxygen atoms in total. The lowest BCUT2D eigenvalue weighted by Crippen LogP contribution is -2.37. The van der Waals surface area contributed by atoms with Gasteiger partial charge in [-0.1, -0.05) is 19.2 Å². The Morgan fingerprint density at radius 1 is 1.42 bits per heavy atom. The van der Waals surface area contributed by atoms with E-state index in [9.17, 15) is 4.79 Å². The van der Waals surface area contributed by atoms with Gasteiger partial charge in [-0.05, 0) is 62.7 Å². The minimum absolute atomic E-state index is 0.00309. The van der Waals surface area contributed by atoms with Crippen LogP contribution in [0.15, 0.2) is 43.1 Å². The van der Waals surface area contributed by atoms with Crippen LogP contribution in [-0.2, 0) is 17.6 Å². The minimum atomic E-state index is -0.00309. The van der Waals surface area contributed by atoms with Crippen LogP contribution in [0.25, 0.3) is 0 Å². The van der Waals surface area contributed by atoms with Crippen LogP contribution in [0.3, 0.4) is 0 Å². The van der Waals surface area contributed by atoms with Crippen molar-refractivity contribution in [1.82, 2.24) is 10.2 Å². The zero-order chi connectivity index (χ0) is 17.6. The van der Waals surface area contributed by atoms with Gasteiger partial charge in [-0.3, -0.25) is 0 Å². The average molecular weight is 327 g/mol. The van der Waals surface area contributed by atoms with Crippen molar-refractivity contribution in [2.45, 2.75) is 31.7 Å². The second-order valence-corrected chi connectivity index (χ2v) is 6.76. The molecule has 2 N–H and O–H groups in total. The van der Waals surface area contributed by atoms with Gasteiger partial charge in [0.15, 0.2) is 0 Å². The van der Waals surface area contributed by atoms with Crippen molar-refractivity contribution in [3.63, 3.8) is 0 Å². The van der Waals surface area contributed by atoms with Crippen molar-refractivity contribution >= 4 is 12.0 Å². The smallest absolute Gasteiger partial charge is 0.124 e. The number of benzene rings is 1. The molecule has 1 aromatic rings. The highest BCUT2D eigenvalue weighted by molar-refractivity contribution is 5.60. The van der Waals surface area contributed by atoms with Crippen LogP contribution in [-0.4, -0.2) is 43.4 Å². The van der Waals surface area contributed by atoms with Gasteiger partial charge in [-0.25, -0.2) is 0 Å². The molecule has 0 saturated carbocycles. The first-order chi connectivity index (χ1) is 11.5. The Morgan fingerprint density at radius 2 is 2.21 bits per heavy atom. The number of likely N-dealkylation sites (tertiary alicyclic amines) is 1. The summed E-state index contributed by atoms with van der Waals surface area (Å²) >= 11 is 0. The highest BCUT2D eigenvalue weighted by Gasteiger charge is 2.33. The van der Waals surface area contributed by atoms with Gasteiger partial charge in [-0.2, -0.15) is 0 Å². The van der Waals surface area contributed by atoms with Gasteiger partial charge in [0.2, 0.25) is 0 Å². The number of hydrogen-bond donors (Lipinski definition) is 2. The van der Waals surface area contributed by atoms with E-state index in [0.717, 1.165) is 55.7 Å². The van der Waals surface area contributed by atoms with E-state index in [-0.39, 0.29) is 5.54 Å². The first kappa shape index (κ1) is 18.3. The molecule has 1 aliphatic heterocycles. The van der Waals surface area contributed by atoms with Crippen LogP contribution in [0.2, 0.25) is 0 Å². The normalized spacial score (nSPS) is 20.0. The SMILES string of the molecule is C=CC(=C)N1CCC(C)(Nc2ccc(CCNC)c(CC=O)c2)C1. The van der Waals surface area contributed by atoms with Gasteiger partial charge in [0.05, 0.1) is 5.54 Å². The lowest BCUT2D eigenvalue weighted by Gasteiger charge is -2.28. The lowest BCUT2D eigenvalue weighted by atomic mass is 9.98. The number of anilines is 1. The Balaban J connectivity index is 2.11. The average Bonchev–Trinajstić information content (AvgIpc) is 2.95. The quantitative estimate of drug-likeness (QED) is 0.541. The van der Waals surface area contributed by atoms with Gasteiger partial charge in [0.25, 0.3) is 0 Å². The summed E-state index contributed by atoms with van der Waals surface area (Å²) in [5, 5.41) is 6.82. The van der Waals surface area contributed by atoms with E-state index in [1.54, 1.807) is 0 Å². The summed E-state index contributed by atoms with van der Waals surface area (Å²) in [6, 6.07) is 6.38. The third kappa shape index (κ3) is 4.48. The predicted octanol–water partition coefficient (Wildman–Crippen LogP) is 2.77. The molecule has 1 unspecified atom stereocenters. The van der Waals surface area contributed by atoms with Crippen LogP contribution in [0.5, 0.6) is 0 Å². The first-order valence-corrected chi connectivity index (χ1v) is 8.56. The predicted molar refractivity (Wildman–Crippen MR) is 101 cm³/mol. The fourth-order valence-electron chi connectivity index (χ4n) is 3.27. The fraction of sp³-hybridized carbons (Fsp3) is 0.450. The first-order valence-electron chi connectivity index (χ1n) is 8.56. The van der Waals surface area contributed by atoms with Crippen molar-refractivity contribution in [1.29, 1.82) is 0 Å². The second kappa shape index (κ2) is 8.15. The number of carbonyl (C=O) groups is 1. The second-order valence-electron chi connectivity index (χ2n) is 6.76. The summed E-state index contributed by atoms with van der Waals surface area (Å²) in [4.78, 5) is 13.3. The van der Waals surface area contributed by atoms with E-state index in [1.807, 2.05) is 13.1 Å². The molecule has 0 amide bonds. The fourth-order valence-corrected chi connectivity index (χ4v) is 3.27. The molecule has 0 aromatic heterocycles. The van der Waals surface area contributed by atoms with Gasteiger partial charge < -0.3 is 20.3 Å². The highest BCUT2D eigenvalue weighted by Crippen LogP contribution is 2.29. The van der Waals surface area contributed by atoms with Crippen molar-refractivity contribution < 1.29 is 4.79 Å². The van der Waals surface area contributed by atoms with E-state index in [4.69, 9.17) is 0 Å². The molecule has 0 radical (unpaired) electrons. The summed E-state index contributed by atoms with van der Waals surface area (Å²) in [5.74, 6) is 0. The van der Waals surface area contributed by atoms with E-state index >= 15 is 0 Å². The summed E-state index contributed by atoms with van der Waals surface area (Å²) < 4.78 is 0. The molecule has 2 rings (SSSR count). The molecule has 1 heterocycles. The monoisotopic (exact) mass is 327 g/mol. The number of carbonyl (C=O) groups excluding carboxylic acids is 1. The summed E-state index contributed by atoms with van der Waals surface area (Å²) in [6.45, 7) is 12.9. The molecule has 1 saturated heterocycles. The summed E-state index contributed by atoms with van der Waals surface area (Å²) in [5.41, 5.74) is 4.40. The zero-order valence-electron chi connectivity index (χ0n) is 14.9. The van der Waals surface area contributed by atoms with Gasteiger partial charge in [0.1, 0.15) is 6.29 Å². The van der Waals surface area contributed by atoms with Crippen LogP contribution in [0.4, 0.5) is 5.69 Å². The molecule has 24 heavy (non-hydrogen) atoms. The van der Waals surface area contributed by atoms with Gasteiger partial charge >= 0.3 is 0 Å². The molecule has 0 aliphatic carbocycles. The van der Waals surface area contributed by atoms with Gasteiger partial charge in [-0.15, -0.1) is 0 Å². The van der Waals surface area contributed by atoms with Crippen LogP contribution in [0.1, 0.15) is 24.5 Å². The molecular weight excluding hydrogens is 298 g/mol. The number of rotatable bonds is 9. The third-order valence-corrected chi connectivity index (χ3v) is 4.72. The standard InChI is InChI=1S/C20H29N3O/c1-5-16(2)23-12-10-20(3,15-23)22-19-7-6-17(8-11-21-4)18(14-19)9-13-24/h5-7,13-14,21-22H,1-2,8-12,15H2,3-4H3. The lowest BCUT2D eigenvalue weighted by molar-refractivity contribution is -0.107. The van der Waals surface area contributed by atoms with Crippen molar-refractivity contribution in [2.24, 2.45) is 0 Å². The molecule has 1 aromatic carbocycles. The Kier molecular flexibility index (Phi) is 6.21. The maximum atomic E-state index is 11.0. The topological polar surface area (TPSA) is 44.4 Å². The van der Waals surface area contributed by atoms with E-state index < -0.39 is 0 Å². The Labute approximate surface area is 145 Å². The molecular formula is C20H29N3O. The highest BCUT2D eigenvalue weighted by atomic mass is 16.1. The van der Waals surface area contributed by atoms with Crippen LogP contribution in [0, 0.1) is 0 Å². The maximum absolute atomic E-state index is 11.0. The van der Waals surface area contributed by atoms with E-state index in [2.05, 4.69) is 53.8 Å². The number of allylic oxidation sites excluding steroid dienone is 1. The molecule has 0 bridgehead atoms. The minimum Gasteiger partial charge on any atom is -0.378 e. The number of nitrogens with one attached hydrogen (secondary N) is 2. The molecule has 1 atom stereocenters. The van der Waals surface area contributed by atoms with E-state index in [0.29, 0.717) is 6.42 Å². The molecule has 130 valence electrons. The Bertz CT molecular complexity index is 611. The molecule has 1 fully saturated rings. The molecule has 0 spiro atoms.